The fraction of sp³-hybridized carbons (Fsp3) is 0.200. The Morgan fingerprint density at radius 3 is 2.94 bits per heavy atom. The fourth-order valence-corrected chi connectivity index (χ4v) is 1.41. The van der Waals surface area contributed by atoms with Crippen molar-refractivity contribution in [2.75, 3.05) is 12.8 Å². The smallest absolute Gasteiger partial charge is 0.271 e. The Morgan fingerprint density at radius 2 is 2.33 bits per heavy atom. The number of methoxy groups -OCH3 is 1. The molecule has 94 valence electrons. The van der Waals surface area contributed by atoms with E-state index in [2.05, 4.69) is 10.1 Å². The molecule has 0 bridgehead atoms. The highest BCUT2D eigenvalue weighted by Gasteiger charge is 2.15. The molecular formula is C10H10N4O4. The predicted octanol–water partition coefficient (Wildman–Crippen LogP) is 1.37. The van der Waals surface area contributed by atoms with E-state index in [1.807, 2.05) is 0 Å². The van der Waals surface area contributed by atoms with Gasteiger partial charge in [0, 0.05) is 19.2 Å². The molecule has 0 saturated heterocycles. The predicted molar refractivity (Wildman–Crippen MR) is 61.5 cm³/mol. The van der Waals surface area contributed by atoms with E-state index >= 15 is 0 Å². The molecule has 1 heterocycles. The van der Waals surface area contributed by atoms with Crippen LogP contribution in [-0.2, 0) is 11.3 Å². The summed E-state index contributed by atoms with van der Waals surface area (Å²) in [6.07, 6.45) is 0. The number of ether oxygens (including phenoxy) is 1. The van der Waals surface area contributed by atoms with Crippen LogP contribution in [0.4, 0.5) is 11.4 Å². The molecule has 0 radical (unpaired) electrons. The zero-order chi connectivity index (χ0) is 13.1. The molecule has 2 rings (SSSR count). The maximum atomic E-state index is 10.6. The number of non-ortho nitro benzene ring substituents is 1. The summed E-state index contributed by atoms with van der Waals surface area (Å²) in [6, 6.07) is 4.04. The Morgan fingerprint density at radius 1 is 1.56 bits per heavy atom. The number of hydrogen-bond donors (Lipinski definition) is 1. The van der Waals surface area contributed by atoms with Gasteiger partial charge < -0.3 is 15.0 Å². The molecule has 2 aromatic rings. The first-order valence-corrected chi connectivity index (χ1v) is 4.97. The van der Waals surface area contributed by atoms with Crippen molar-refractivity contribution in [1.82, 2.24) is 10.1 Å². The van der Waals surface area contributed by atoms with Crippen LogP contribution in [0.15, 0.2) is 22.7 Å². The van der Waals surface area contributed by atoms with E-state index in [9.17, 15) is 10.1 Å². The van der Waals surface area contributed by atoms with E-state index in [0.717, 1.165) is 0 Å². The summed E-state index contributed by atoms with van der Waals surface area (Å²) in [5, 5.41) is 14.3. The standard InChI is InChI=1S/C10H10N4O4/c1-17-5-9-12-10(18-13-9)7-3-2-6(14(15)16)4-8(7)11/h2-4H,5,11H2,1H3. The summed E-state index contributed by atoms with van der Waals surface area (Å²) in [4.78, 5) is 14.1. The first kappa shape index (κ1) is 12.0. The number of hydrogen-bond acceptors (Lipinski definition) is 7. The normalized spacial score (nSPS) is 10.5. The molecule has 2 N–H and O–H groups in total. The highest BCUT2D eigenvalue weighted by atomic mass is 16.6. The van der Waals surface area contributed by atoms with Gasteiger partial charge in [0.1, 0.15) is 6.61 Å². The molecule has 0 aliphatic rings. The van der Waals surface area contributed by atoms with E-state index in [1.54, 1.807) is 0 Å². The van der Waals surface area contributed by atoms with E-state index in [4.69, 9.17) is 15.0 Å². The maximum Gasteiger partial charge on any atom is 0.271 e. The summed E-state index contributed by atoms with van der Waals surface area (Å²) in [7, 11) is 1.51. The van der Waals surface area contributed by atoms with Gasteiger partial charge in [-0.3, -0.25) is 10.1 Å². The van der Waals surface area contributed by atoms with Crippen molar-refractivity contribution < 1.29 is 14.2 Å². The number of nitrogens with zero attached hydrogens (tertiary/aromatic N) is 3. The maximum absolute atomic E-state index is 10.6. The van der Waals surface area contributed by atoms with Crippen molar-refractivity contribution in [3.05, 3.63) is 34.1 Å². The molecule has 0 aliphatic carbocycles. The van der Waals surface area contributed by atoms with Gasteiger partial charge in [0.2, 0.25) is 0 Å². The Labute approximate surface area is 102 Å². The van der Waals surface area contributed by atoms with Crippen LogP contribution >= 0.6 is 0 Å². The third kappa shape index (κ3) is 2.28. The Balaban J connectivity index is 2.35. The van der Waals surface area contributed by atoms with E-state index in [-0.39, 0.29) is 23.9 Å². The number of nitrogens with two attached hydrogens (primary N) is 1. The summed E-state index contributed by atoms with van der Waals surface area (Å²) in [5.41, 5.74) is 6.28. The summed E-state index contributed by atoms with van der Waals surface area (Å²) >= 11 is 0. The molecule has 1 aromatic carbocycles. The zero-order valence-electron chi connectivity index (χ0n) is 9.49. The Kier molecular flexibility index (Phi) is 3.20. The lowest BCUT2D eigenvalue weighted by atomic mass is 10.1. The molecule has 1 aromatic heterocycles. The second-order valence-corrected chi connectivity index (χ2v) is 3.48. The average molecular weight is 250 g/mol. The minimum Gasteiger partial charge on any atom is -0.398 e. The fourth-order valence-electron chi connectivity index (χ4n) is 1.41. The van der Waals surface area contributed by atoms with Gasteiger partial charge in [-0.15, -0.1) is 0 Å². The summed E-state index contributed by atoms with van der Waals surface area (Å²) in [5.74, 6) is 0.583. The average Bonchev–Trinajstić information content (AvgIpc) is 2.77. The second kappa shape index (κ2) is 4.80. The van der Waals surface area contributed by atoms with Crippen LogP contribution in [-0.4, -0.2) is 22.2 Å². The molecule has 0 saturated carbocycles. The van der Waals surface area contributed by atoms with E-state index < -0.39 is 4.92 Å². The van der Waals surface area contributed by atoms with Gasteiger partial charge in [0.15, 0.2) is 5.82 Å². The van der Waals surface area contributed by atoms with Crippen molar-refractivity contribution >= 4 is 11.4 Å². The van der Waals surface area contributed by atoms with Crippen molar-refractivity contribution in [3.8, 4) is 11.5 Å². The number of anilines is 1. The molecular weight excluding hydrogens is 240 g/mol. The van der Waals surface area contributed by atoms with Gasteiger partial charge >= 0.3 is 0 Å². The van der Waals surface area contributed by atoms with Gasteiger partial charge in [-0.25, -0.2) is 0 Å². The van der Waals surface area contributed by atoms with Crippen LogP contribution in [0.5, 0.6) is 0 Å². The van der Waals surface area contributed by atoms with Crippen molar-refractivity contribution in [2.24, 2.45) is 0 Å². The van der Waals surface area contributed by atoms with Crippen LogP contribution in [0.1, 0.15) is 5.82 Å². The van der Waals surface area contributed by atoms with Crippen LogP contribution < -0.4 is 5.73 Å². The summed E-state index contributed by atoms with van der Waals surface area (Å²) < 4.78 is 9.85. The molecule has 8 nitrogen and oxygen atoms in total. The minimum absolute atomic E-state index is 0.0899. The third-order valence-electron chi connectivity index (χ3n) is 2.22. The van der Waals surface area contributed by atoms with Gasteiger partial charge in [0.25, 0.3) is 11.6 Å². The lowest BCUT2D eigenvalue weighted by Crippen LogP contribution is -1.94. The van der Waals surface area contributed by atoms with Crippen LogP contribution in [0.2, 0.25) is 0 Å². The topological polar surface area (TPSA) is 117 Å². The van der Waals surface area contributed by atoms with Gasteiger partial charge in [0.05, 0.1) is 16.2 Å². The molecule has 0 aliphatic heterocycles. The number of nitro benzene ring substituents is 1. The van der Waals surface area contributed by atoms with Crippen LogP contribution in [0.25, 0.3) is 11.5 Å². The molecule has 0 unspecified atom stereocenters. The molecule has 0 atom stereocenters. The largest absolute Gasteiger partial charge is 0.398 e. The lowest BCUT2D eigenvalue weighted by Gasteiger charge is -1.99. The number of aromatic nitrogens is 2. The van der Waals surface area contributed by atoms with Gasteiger partial charge in [-0.1, -0.05) is 5.16 Å². The molecule has 0 fully saturated rings. The first-order chi connectivity index (χ1) is 8.61. The first-order valence-electron chi connectivity index (χ1n) is 4.97. The molecule has 0 spiro atoms. The van der Waals surface area contributed by atoms with Gasteiger partial charge in [-0.2, -0.15) is 4.98 Å². The molecule has 8 heteroatoms. The van der Waals surface area contributed by atoms with Gasteiger partial charge in [-0.05, 0) is 6.07 Å². The quantitative estimate of drug-likeness (QED) is 0.494. The number of rotatable bonds is 4. The number of nitro groups is 1. The van der Waals surface area contributed by atoms with Crippen molar-refractivity contribution in [2.45, 2.75) is 6.61 Å². The lowest BCUT2D eigenvalue weighted by molar-refractivity contribution is -0.384. The van der Waals surface area contributed by atoms with Crippen LogP contribution in [0.3, 0.4) is 0 Å². The SMILES string of the molecule is COCc1noc(-c2ccc([N+](=O)[O-])cc2N)n1. The third-order valence-corrected chi connectivity index (χ3v) is 2.22. The Bertz CT molecular complexity index is 581. The molecule has 18 heavy (non-hydrogen) atoms. The zero-order valence-corrected chi connectivity index (χ0v) is 9.49. The highest BCUT2D eigenvalue weighted by molar-refractivity contribution is 5.72. The van der Waals surface area contributed by atoms with Crippen molar-refractivity contribution in [3.63, 3.8) is 0 Å². The number of nitrogen functional groups attached to an aromatic ring is 1. The minimum atomic E-state index is -0.524. The second-order valence-electron chi connectivity index (χ2n) is 3.48. The van der Waals surface area contributed by atoms with Crippen LogP contribution in [0, 0.1) is 10.1 Å². The van der Waals surface area contributed by atoms with E-state index in [0.29, 0.717) is 11.4 Å². The monoisotopic (exact) mass is 250 g/mol. The van der Waals surface area contributed by atoms with E-state index in [1.165, 1.54) is 25.3 Å². The van der Waals surface area contributed by atoms with Crippen molar-refractivity contribution in [1.29, 1.82) is 0 Å². The Hall–Kier alpha value is -2.48. The number of benzene rings is 1. The highest BCUT2D eigenvalue weighted by Crippen LogP contribution is 2.28. The summed E-state index contributed by atoms with van der Waals surface area (Å²) in [6.45, 7) is 0.219. The molecule has 0 amide bonds.